The zero-order chi connectivity index (χ0) is 18.5. The van der Waals surface area contributed by atoms with Crippen LogP contribution in [0, 0.1) is 0 Å². The normalized spacial score (nSPS) is 14.7. The first-order chi connectivity index (χ1) is 12.6. The van der Waals surface area contributed by atoms with Crippen LogP contribution in [0.2, 0.25) is 0 Å². The van der Waals surface area contributed by atoms with Crippen LogP contribution in [0.25, 0.3) is 0 Å². The standard InChI is InChI=1S/C21H21NO4/c1-15(20(24)22-13-7-8-14-22)26-21(25)18-12-6-5-11-17(18)19(23)16-9-3-2-4-10-16/h2-6,9-12,15H,7-8,13-14H2,1H3/t15-/m1/s1. The molecule has 2 aromatic carbocycles. The van der Waals surface area contributed by atoms with Gasteiger partial charge in [0.1, 0.15) is 0 Å². The first kappa shape index (κ1) is 17.9. The molecule has 1 fully saturated rings. The van der Waals surface area contributed by atoms with Crippen LogP contribution in [-0.4, -0.2) is 41.8 Å². The molecule has 26 heavy (non-hydrogen) atoms. The lowest BCUT2D eigenvalue weighted by Gasteiger charge is -2.20. The van der Waals surface area contributed by atoms with Gasteiger partial charge in [-0.15, -0.1) is 0 Å². The predicted molar refractivity (Wildman–Crippen MR) is 97.0 cm³/mol. The number of carbonyl (C=O) groups is 3. The van der Waals surface area contributed by atoms with Crippen LogP contribution in [0.15, 0.2) is 54.6 Å². The summed E-state index contributed by atoms with van der Waals surface area (Å²) in [6.07, 6.45) is 1.07. The third-order valence-electron chi connectivity index (χ3n) is 4.48. The fraction of sp³-hybridized carbons (Fsp3) is 0.286. The highest BCUT2D eigenvalue weighted by Gasteiger charge is 2.27. The molecule has 1 atom stereocenters. The average Bonchev–Trinajstić information content (AvgIpc) is 3.22. The maximum absolute atomic E-state index is 12.7. The summed E-state index contributed by atoms with van der Waals surface area (Å²) >= 11 is 0. The Morgan fingerprint density at radius 1 is 0.885 bits per heavy atom. The first-order valence-electron chi connectivity index (χ1n) is 8.76. The highest BCUT2D eigenvalue weighted by atomic mass is 16.5. The second-order valence-electron chi connectivity index (χ2n) is 6.32. The molecule has 0 aromatic heterocycles. The fourth-order valence-electron chi connectivity index (χ4n) is 3.07. The summed E-state index contributed by atoms with van der Waals surface area (Å²) in [5, 5.41) is 0. The third kappa shape index (κ3) is 3.82. The topological polar surface area (TPSA) is 63.7 Å². The number of hydrogen-bond donors (Lipinski definition) is 0. The number of likely N-dealkylation sites (tertiary alicyclic amines) is 1. The van der Waals surface area contributed by atoms with Crippen LogP contribution in [0.4, 0.5) is 0 Å². The lowest BCUT2D eigenvalue weighted by atomic mass is 9.98. The summed E-state index contributed by atoms with van der Waals surface area (Å²) < 4.78 is 5.35. The van der Waals surface area contributed by atoms with E-state index in [0.29, 0.717) is 18.7 Å². The number of carbonyl (C=O) groups excluding carboxylic acids is 3. The van der Waals surface area contributed by atoms with Gasteiger partial charge in [-0.1, -0.05) is 48.5 Å². The zero-order valence-electron chi connectivity index (χ0n) is 14.7. The Hall–Kier alpha value is -2.95. The molecule has 1 saturated heterocycles. The predicted octanol–water partition coefficient (Wildman–Crippen LogP) is 3.09. The minimum absolute atomic E-state index is 0.169. The summed E-state index contributed by atoms with van der Waals surface area (Å²) in [5.41, 5.74) is 0.931. The number of hydrogen-bond acceptors (Lipinski definition) is 4. The molecule has 0 saturated carbocycles. The fourth-order valence-corrected chi connectivity index (χ4v) is 3.07. The van der Waals surface area contributed by atoms with Gasteiger partial charge in [-0.25, -0.2) is 4.79 Å². The van der Waals surface area contributed by atoms with Gasteiger partial charge in [0.05, 0.1) is 5.56 Å². The van der Waals surface area contributed by atoms with Gasteiger partial charge in [0, 0.05) is 24.2 Å². The Kier molecular flexibility index (Phi) is 5.46. The molecule has 1 amide bonds. The number of esters is 1. The minimum Gasteiger partial charge on any atom is -0.449 e. The summed E-state index contributed by atoms with van der Waals surface area (Å²) in [6.45, 7) is 2.97. The molecule has 3 rings (SSSR count). The SMILES string of the molecule is C[C@@H](OC(=O)c1ccccc1C(=O)c1ccccc1)C(=O)N1CCCC1. The van der Waals surface area contributed by atoms with Crippen LogP contribution in [0.5, 0.6) is 0 Å². The Morgan fingerprint density at radius 3 is 2.12 bits per heavy atom. The van der Waals surface area contributed by atoms with E-state index >= 15 is 0 Å². The Morgan fingerprint density at radius 2 is 1.46 bits per heavy atom. The van der Waals surface area contributed by atoms with Crippen molar-refractivity contribution in [3.63, 3.8) is 0 Å². The second-order valence-corrected chi connectivity index (χ2v) is 6.32. The molecule has 1 heterocycles. The van der Waals surface area contributed by atoms with Gasteiger partial charge in [-0.3, -0.25) is 9.59 Å². The molecule has 1 aliphatic rings. The van der Waals surface area contributed by atoms with E-state index in [1.54, 1.807) is 60.4 Å². The van der Waals surface area contributed by atoms with Crippen LogP contribution >= 0.6 is 0 Å². The highest BCUT2D eigenvalue weighted by Crippen LogP contribution is 2.17. The zero-order valence-corrected chi connectivity index (χ0v) is 14.7. The van der Waals surface area contributed by atoms with Crippen molar-refractivity contribution in [1.29, 1.82) is 0 Å². The van der Waals surface area contributed by atoms with Gasteiger partial charge < -0.3 is 9.64 Å². The largest absolute Gasteiger partial charge is 0.449 e. The summed E-state index contributed by atoms with van der Waals surface area (Å²) in [4.78, 5) is 39.3. The third-order valence-corrected chi connectivity index (χ3v) is 4.48. The molecule has 5 nitrogen and oxygen atoms in total. The van der Waals surface area contributed by atoms with E-state index in [2.05, 4.69) is 0 Å². The minimum atomic E-state index is -0.875. The number of benzene rings is 2. The molecule has 0 N–H and O–H groups in total. The Bertz CT molecular complexity index is 810. The van der Waals surface area contributed by atoms with Gasteiger partial charge in [0.25, 0.3) is 5.91 Å². The van der Waals surface area contributed by atoms with Crippen molar-refractivity contribution in [2.45, 2.75) is 25.9 Å². The van der Waals surface area contributed by atoms with Gasteiger partial charge >= 0.3 is 5.97 Å². The van der Waals surface area contributed by atoms with Crippen molar-refractivity contribution >= 4 is 17.7 Å². The molecule has 0 spiro atoms. The average molecular weight is 351 g/mol. The molecule has 0 bridgehead atoms. The Labute approximate surface area is 152 Å². The number of ether oxygens (including phenoxy) is 1. The molecule has 2 aromatic rings. The van der Waals surface area contributed by atoms with Crippen LogP contribution in [-0.2, 0) is 9.53 Å². The van der Waals surface area contributed by atoms with Crippen LogP contribution in [0.3, 0.4) is 0 Å². The van der Waals surface area contributed by atoms with Gasteiger partial charge in [0.15, 0.2) is 11.9 Å². The number of rotatable bonds is 5. The van der Waals surface area contributed by atoms with E-state index in [9.17, 15) is 14.4 Å². The molecular formula is C21H21NO4. The molecule has 134 valence electrons. The van der Waals surface area contributed by atoms with E-state index in [0.717, 1.165) is 12.8 Å². The molecule has 5 heteroatoms. The number of nitrogens with zero attached hydrogens (tertiary/aromatic N) is 1. The molecule has 0 radical (unpaired) electrons. The molecule has 0 aliphatic carbocycles. The maximum Gasteiger partial charge on any atom is 0.339 e. The van der Waals surface area contributed by atoms with E-state index < -0.39 is 12.1 Å². The van der Waals surface area contributed by atoms with Crippen molar-refractivity contribution in [3.05, 3.63) is 71.3 Å². The van der Waals surface area contributed by atoms with E-state index in [-0.39, 0.29) is 22.8 Å². The van der Waals surface area contributed by atoms with E-state index in [1.807, 2.05) is 6.07 Å². The molecule has 0 unspecified atom stereocenters. The van der Waals surface area contributed by atoms with Crippen LogP contribution < -0.4 is 0 Å². The second kappa shape index (κ2) is 7.95. The monoisotopic (exact) mass is 351 g/mol. The van der Waals surface area contributed by atoms with Crippen molar-refractivity contribution in [1.82, 2.24) is 4.90 Å². The van der Waals surface area contributed by atoms with E-state index in [4.69, 9.17) is 4.74 Å². The Balaban J connectivity index is 1.77. The lowest BCUT2D eigenvalue weighted by Crippen LogP contribution is -2.38. The lowest BCUT2D eigenvalue weighted by molar-refractivity contribution is -0.138. The van der Waals surface area contributed by atoms with Crippen molar-refractivity contribution in [2.24, 2.45) is 0 Å². The first-order valence-corrected chi connectivity index (χ1v) is 8.76. The summed E-state index contributed by atoms with van der Waals surface area (Å²) in [6, 6.07) is 15.3. The van der Waals surface area contributed by atoms with Crippen molar-refractivity contribution in [3.8, 4) is 0 Å². The van der Waals surface area contributed by atoms with Crippen molar-refractivity contribution < 1.29 is 19.1 Å². The molecule has 1 aliphatic heterocycles. The number of ketones is 1. The molecular weight excluding hydrogens is 330 g/mol. The summed E-state index contributed by atoms with van der Waals surface area (Å²) in [7, 11) is 0. The number of amides is 1. The smallest absolute Gasteiger partial charge is 0.339 e. The highest BCUT2D eigenvalue weighted by molar-refractivity contribution is 6.14. The quantitative estimate of drug-likeness (QED) is 0.613. The van der Waals surface area contributed by atoms with Gasteiger partial charge in [-0.2, -0.15) is 0 Å². The van der Waals surface area contributed by atoms with E-state index in [1.165, 1.54) is 0 Å². The van der Waals surface area contributed by atoms with Crippen molar-refractivity contribution in [2.75, 3.05) is 13.1 Å². The maximum atomic E-state index is 12.7. The van der Waals surface area contributed by atoms with Gasteiger partial charge in [0.2, 0.25) is 0 Å². The van der Waals surface area contributed by atoms with Crippen LogP contribution in [0.1, 0.15) is 46.0 Å². The summed E-state index contributed by atoms with van der Waals surface area (Å²) in [5.74, 6) is -1.11. The van der Waals surface area contributed by atoms with Gasteiger partial charge in [-0.05, 0) is 25.8 Å².